The van der Waals surface area contributed by atoms with Crippen LogP contribution in [-0.4, -0.2) is 106 Å². The number of hydrogen-bond acceptors (Lipinski definition) is 20. The van der Waals surface area contributed by atoms with Gasteiger partial charge in [0.15, 0.2) is 11.6 Å². The molecule has 0 unspecified atom stereocenters. The molecule has 0 aromatic heterocycles. The van der Waals surface area contributed by atoms with Gasteiger partial charge in [0.2, 0.25) is 0 Å². The minimum Gasteiger partial charge on any atom is -0.459 e. The molecule has 6 aliphatic carbocycles. The molecule has 24 nitrogen and oxygen atoms in total. The molecular formula is C56H56N4O20. The van der Waals surface area contributed by atoms with E-state index in [1.54, 1.807) is 0 Å². The van der Waals surface area contributed by atoms with Crippen LogP contribution in [0.3, 0.4) is 0 Å². The molecule has 6 saturated carbocycles. The zero-order valence-electron chi connectivity index (χ0n) is 43.2. The average molecular weight is 1110 g/mol. The van der Waals surface area contributed by atoms with Gasteiger partial charge in [0.1, 0.15) is 24.4 Å². The van der Waals surface area contributed by atoms with E-state index in [4.69, 9.17) is 37.9 Å². The van der Waals surface area contributed by atoms with Gasteiger partial charge < -0.3 is 37.9 Å². The van der Waals surface area contributed by atoms with Crippen molar-refractivity contribution in [2.45, 2.75) is 126 Å². The van der Waals surface area contributed by atoms with Crippen molar-refractivity contribution in [3.8, 4) is 0 Å². The first-order chi connectivity index (χ1) is 38.3. The van der Waals surface area contributed by atoms with E-state index < -0.39 is 90.4 Å². The zero-order chi connectivity index (χ0) is 56.2. The molecular weight excluding hydrogens is 1050 g/mol. The van der Waals surface area contributed by atoms with E-state index in [9.17, 15) is 59.6 Å². The third-order valence-electron chi connectivity index (χ3n) is 18.6. The summed E-state index contributed by atoms with van der Waals surface area (Å²) >= 11 is 0. The summed E-state index contributed by atoms with van der Waals surface area (Å²) in [4.78, 5) is 94.1. The normalized spacial score (nSPS) is 29.9. The Bertz CT molecular complexity index is 2920. The SMILES string of the molecule is O=C(O[C@@H]1C[C@]23CC[C@H](OC(=O)c4ccc([N+](=O)[O-])cc4)[C@]2(CCC2(C3)OCCO2)C1)c1ccc([N+](=O)[O-])cc1.O=C(O[C@@H]1C[C@]23CC[C@H](OC(=O)c4ccc([N+](=O)[O-])cc4)[C@]2(CCC2(C3)OCCO2)C1)c1ccc([N+](=O)[O-])cc1. The van der Waals surface area contributed by atoms with Crippen LogP contribution in [0.2, 0.25) is 0 Å². The van der Waals surface area contributed by atoms with Gasteiger partial charge in [-0.15, -0.1) is 0 Å². The fourth-order valence-electron chi connectivity index (χ4n) is 15.2. The molecule has 12 rings (SSSR count). The number of nitrogens with zero attached hydrogens (tertiary/aromatic N) is 4. The van der Waals surface area contributed by atoms with Crippen LogP contribution < -0.4 is 0 Å². The van der Waals surface area contributed by atoms with Gasteiger partial charge in [0.25, 0.3) is 22.7 Å². The van der Waals surface area contributed by atoms with Gasteiger partial charge in [-0.3, -0.25) is 40.5 Å². The van der Waals surface area contributed by atoms with Crippen molar-refractivity contribution in [3.63, 3.8) is 0 Å². The molecule has 8 atom stereocenters. The maximum atomic E-state index is 13.1. The lowest BCUT2D eigenvalue weighted by molar-refractivity contribution is -0.385. The van der Waals surface area contributed by atoms with Gasteiger partial charge >= 0.3 is 23.9 Å². The number of hydrogen-bond donors (Lipinski definition) is 0. The molecule has 4 aromatic rings. The van der Waals surface area contributed by atoms with Crippen molar-refractivity contribution >= 4 is 46.6 Å². The molecule has 2 heterocycles. The van der Waals surface area contributed by atoms with E-state index in [1.165, 1.54) is 97.1 Å². The van der Waals surface area contributed by atoms with Crippen LogP contribution in [0.15, 0.2) is 97.1 Å². The molecule has 420 valence electrons. The molecule has 2 aliphatic heterocycles. The van der Waals surface area contributed by atoms with Crippen molar-refractivity contribution < 1.29 is 76.8 Å². The Morgan fingerprint density at radius 2 is 0.662 bits per heavy atom. The van der Waals surface area contributed by atoms with Crippen LogP contribution in [-0.2, 0) is 37.9 Å². The summed E-state index contributed by atoms with van der Waals surface area (Å²) in [7, 11) is 0. The smallest absolute Gasteiger partial charge is 0.338 e. The molecule has 0 radical (unpaired) electrons. The van der Waals surface area contributed by atoms with Crippen LogP contribution in [0.5, 0.6) is 0 Å². The van der Waals surface area contributed by atoms with Crippen molar-refractivity contribution in [1.82, 2.24) is 0 Å². The molecule has 0 N–H and O–H groups in total. The first-order valence-corrected chi connectivity index (χ1v) is 26.7. The number of carbonyl (C=O) groups is 4. The third-order valence-corrected chi connectivity index (χ3v) is 18.6. The van der Waals surface area contributed by atoms with Gasteiger partial charge in [-0.05, 0) is 124 Å². The number of esters is 4. The van der Waals surface area contributed by atoms with Crippen LogP contribution in [0.25, 0.3) is 0 Å². The van der Waals surface area contributed by atoms with Gasteiger partial charge in [-0.2, -0.15) is 0 Å². The Balaban J connectivity index is 0.000000169. The minimum atomic E-state index is -0.696. The monoisotopic (exact) mass is 1100 g/mol. The number of benzene rings is 4. The highest BCUT2D eigenvalue weighted by Gasteiger charge is 2.73. The van der Waals surface area contributed by atoms with E-state index in [0.29, 0.717) is 103 Å². The summed E-state index contributed by atoms with van der Waals surface area (Å²) in [5.74, 6) is -3.62. The highest BCUT2D eigenvalue weighted by Crippen LogP contribution is 2.74. The second-order valence-electron chi connectivity index (χ2n) is 22.4. The number of nitro benzene ring substituents is 4. The number of carbonyl (C=O) groups excluding carboxylic acids is 4. The fraction of sp³-hybridized carbons (Fsp3) is 0.500. The van der Waals surface area contributed by atoms with E-state index >= 15 is 0 Å². The van der Waals surface area contributed by atoms with E-state index in [1.807, 2.05) is 0 Å². The van der Waals surface area contributed by atoms with E-state index in [-0.39, 0.29) is 55.8 Å². The Morgan fingerprint density at radius 1 is 0.388 bits per heavy atom. The molecule has 2 spiro atoms. The second kappa shape index (κ2) is 20.7. The van der Waals surface area contributed by atoms with Gasteiger partial charge in [0, 0.05) is 85.0 Å². The zero-order valence-corrected chi connectivity index (χ0v) is 43.2. The third kappa shape index (κ3) is 9.70. The maximum absolute atomic E-state index is 13.1. The van der Waals surface area contributed by atoms with Gasteiger partial charge in [0.05, 0.1) is 68.4 Å². The average Bonchev–Trinajstić information content (AvgIpc) is 4.35. The largest absolute Gasteiger partial charge is 0.459 e. The molecule has 8 fully saturated rings. The summed E-state index contributed by atoms with van der Waals surface area (Å²) in [6, 6.07) is 21.2. The highest BCUT2D eigenvalue weighted by atomic mass is 16.7. The summed E-state index contributed by atoms with van der Waals surface area (Å²) in [6.45, 7) is 2.06. The predicted molar refractivity (Wildman–Crippen MR) is 273 cm³/mol. The Kier molecular flexibility index (Phi) is 14.0. The molecule has 24 heteroatoms. The Hall–Kier alpha value is -7.80. The fourth-order valence-corrected chi connectivity index (χ4v) is 15.2. The molecule has 0 bridgehead atoms. The van der Waals surface area contributed by atoms with Crippen LogP contribution in [0, 0.1) is 62.1 Å². The summed E-state index contributed by atoms with van der Waals surface area (Å²) in [6.07, 6.45) is 6.92. The van der Waals surface area contributed by atoms with Gasteiger partial charge in [-0.25, -0.2) is 19.2 Å². The molecule has 80 heavy (non-hydrogen) atoms. The molecule has 0 amide bonds. The number of non-ortho nitro benzene ring substituents is 4. The summed E-state index contributed by atoms with van der Waals surface area (Å²) in [5, 5.41) is 43.9. The minimum absolute atomic E-state index is 0.113. The van der Waals surface area contributed by atoms with Crippen molar-refractivity contribution in [2.75, 3.05) is 26.4 Å². The van der Waals surface area contributed by atoms with Crippen LogP contribution >= 0.6 is 0 Å². The van der Waals surface area contributed by atoms with E-state index in [2.05, 4.69) is 0 Å². The first-order valence-electron chi connectivity index (χ1n) is 26.7. The lowest BCUT2D eigenvalue weighted by Gasteiger charge is -2.52. The summed E-state index contributed by atoms with van der Waals surface area (Å²) < 4.78 is 48.4. The number of ether oxygens (including phenoxy) is 8. The van der Waals surface area contributed by atoms with Crippen molar-refractivity contribution in [1.29, 1.82) is 0 Å². The number of nitro groups is 4. The predicted octanol–water partition coefficient (Wildman–Crippen LogP) is 9.48. The molecule has 2 saturated heterocycles. The summed E-state index contributed by atoms with van der Waals surface area (Å²) in [5.41, 5.74) is -1.13. The molecule has 8 aliphatic rings. The van der Waals surface area contributed by atoms with E-state index in [0.717, 1.165) is 12.8 Å². The Labute approximate surface area is 455 Å². The van der Waals surface area contributed by atoms with Gasteiger partial charge in [-0.1, -0.05) is 0 Å². The van der Waals surface area contributed by atoms with Crippen molar-refractivity contribution in [2.24, 2.45) is 21.7 Å². The molecule has 4 aromatic carbocycles. The number of rotatable bonds is 12. The topological polar surface area (TPSA) is 315 Å². The van der Waals surface area contributed by atoms with Crippen molar-refractivity contribution in [3.05, 3.63) is 160 Å². The van der Waals surface area contributed by atoms with Crippen LogP contribution in [0.4, 0.5) is 22.7 Å². The maximum Gasteiger partial charge on any atom is 0.338 e. The standard InChI is InChI=1S/2C28H28N2O10/c2*31-24(18-1-5-20(6-2-18)29(33)34)39-22-15-26-10-9-23(40-25(32)19-3-7-21(8-4-19)30(35)36)27(26,16-22)11-12-28(17-26)37-13-14-38-28/h2*1-8,22-23H,9-17H2/t2*22-,23+,26+,27+/m11/s1. The highest BCUT2D eigenvalue weighted by molar-refractivity contribution is 5.91. The quantitative estimate of drug-likeness (QED) is 0.0551. The Morgan fingerprint density at radius 3 is 0.938 bits per heavy atom. The lowest BCUT2D eigenvalue weighted by Crippen LogP contribution is -2.52. The second-order valence-corrected chi connectivity index (χ2v) is 22.4. The van der Waals surface area contributed by atoms with Crippen LogP contribution in [0.1, 0.15) is 131 Å². The lowest BCUT2D eigenvalue weighted by atomic mass is 9.57. The first kappa shape index (κ1) is 54.2.